The average molecular weight is 856 g/mol. The highest BCUT2D eigenvalue weighted by Crippen LogP contribution is 2.66. The molecule has 3 atom stereocenters. The monoisotopic (exact) mass is 855 g/mol. The Labute approximate surface area is 385 Å². The molecule has 314 valence electrons. The minimum atomic E-state index is -0.557. The van der Waals surface area contributed by atoms with Crippen molar-refractivity contribution in [1.82, 2.24) is 0 Å². The fourth-order valence-electron chi connectivity index (χ4n) is 14.6. The van der Waals surface area contributed by atoms with Crippen LogP contribution in [0.3, 0.4) is 0 Å². The van der Waals surface area contributed by atoms with Gasteiger partial charge in [0.25, 0.3) is 0 Å². The van der Waals surface area contributed by atoms with Crippen molar-refractivity contribution < 1.29 is 4.74 Å². The van der Waals surface area contributed by atoms with Crippen LogP contribution in [0.1, 0.15) is 103 Å². The van der Waals surface area contributed by atoms with E-state index in [4.69, 9.17) is 4.74 Å². The number of anilines is 3. The molecule has 1 aromatic heterocycles. The molecule has 2 bridgehead atoms. The van der Waals surface area contributed by atoms with E-state index in [0.29, 0.717) is 11.8 Å². The molecule has 0 amide bonds. The number of thiophene rings is 1. The summed E-state index contributed by atoms with van der Waals surface area (Å²) >= 11 is 1.91. The molecule has 2 nitrogen and oxygen atoms in total. The minimum absolute atomic E-state index is 0.0376. The third-order valence-corrected chi connectivity index (χ3v) is 18.3. The van der Waals surface area contributed by atoms with Gasteiger partial charge < -0.3 is 9.64 Å². The number of benzene rings is 8. The maximum absolute atomic E-state index is 7.46. The zero-order valence-electron chi connectivity index (χ0n) is 36.5. The first-order chi connectivity index (χ1) is 32.2. The lowest BCUT2D eigenvalue weighted by Crippen LogP contribution is -2.33. The average Bonchev–Trinajstić information content (AvgIpc) is 4.20. The molecular weight excluding hydrogens is 807 g/mol. The van der Waals surface area contributed by atoms with Crippen molar-refractivity contribution in [2.24, 2.45) is 11.8 Å². The molecule has 3 unspecified atom stereocenters. The highest BCUT2D eigenvalue weighted by molar-refractivity contribution is 7.26. The molecule has 65 heavy (non-hydrogen) atoms. The van der Waals surface area contributed by atoms with E-state index in [0.717, 1.165) is 17.4 Å². The van der Waals surface area contributed by atoms with Crippen LogP contribution in [0.15, 0.2) is 170 Å². The molecule has 5 aliphatic carbocycles. The van der Waals surface area contributed by atoms with Gasteiger partial charge in [0.15, 0.2) is 0 Å². The molecule has 3 saturated carbocycles. The summed E-state index contributed by atoms with van der Waals surface area (Å²) in [4.78, 5) is 2.68. The quantitative estimate of drug-likeness (QED) is 0.175. The van der Waals surface area contributed by atoms with Gasteiger partial charge in [0.05, 0.1) is 11.1 Å². The summed E-state index contributed by atoms with van der Waals surface area (Å²) < 4.78 is 10.1. The van der Waals surface area contributed by atoms with E-state index >= 15 is 0 Å². The molecule has 0 radical (unpaired) electrons. The van der Waals surface area contributed by atoms with Gasteiger partial charge in [0.1, 0.15) is 11.5 Å². The van der Waals surface area contributed by atoms with Crippen LogP contribution in [0, 0.1) is 11.8 Å². The Balaban J connectivity index is 1.06. The van der Waals surface area contributed by atoms with Crippen LogP contribution < -0.4 is 9.64 Å². The predicted molar refractivity (Wildman–Crippen MR) is 269 cm³/mol. The molecule has 1 aliphatic heterocycles. The van der Waals surface area contributed by atoms with Gasteiger partial charge in [-0.15, -0.1) is 11.3 Å². The molecule has 15 rings (SSSR count). The van der Waals surface area contributed by atoms with Gasteiger partial charge in [-0.2, -0.15) is 0 Å². The van der Waals surface area contributed by atoms with E-state index in [1.54, 1.807) is 0 Å². The fraction of sp³-hybridized carbons (Fsp3) is 0.226. The third-order valence-electron chi connectivity index (χ3n) is 17.2. The maximum atomic E-state index is 7.46. The van der Waals surface area contributed by atoms with Gasteiger partial charge in [-0.05, 0) is 143 Å². The van der Waals surface area contributed by atoms with Gasteiger partial charge in [-0.1, -0.05) is 147 Å². The normalized spacial score (nSPS) is 20.9. The molecule has 0 saturated heterocycles. The Morgan fingerprint density at radius 1 is 0.508 bits per heavy atom. The Kier molecular flexibility index (Phi) is 7.69. The lowest BCUT2D eigenvalue weighted by molar-refractivity contribution is 0.353. The minimum Gasteiger partial charge on any atom is -0.456 e. The number of para-hydroxylation sites is 1. The van der Waals surface area contributed by atoms with Crippen molar-refractivity contribution >= 4 is 48.6 Å². The molecule has 2 heterocycles. The van der Waals surface area contributed by atoms with Crippen molar-refractivity contribution in [1.29, 1.82) is 0 Å². The molecule has 3 heteroatoms. The summed E-state index contributed by atoms with van der Waals surface area (Å²) in [7, 11) is 0. The summed E-state index contributed by atoms with van der Waals surface area (Å²) in [6.45, 7) is 0. The lowest BCUT2D eigenvalue weighted by Gasteiger charge is -2.42. The first-order valence-corrected chi connectivity index (χ1v) is 25.1. The van der Waals surface area contributed by atoms with E-state index in [9.17, 15) is 0 Å². The Bertz CT molecular complexity index is 3410. The molecule has 2 spiro atoms. The Morgan fingerprint density at radius 2 is 1.17 bits per heavy atom. The van der Waals surface area contributed by atoms with Crippen molar-refractivity contribution in [2.75, 3.05) is 4.90 Å². The standard InChI is InChI=1S/C62H49NOS/c1-12-31-61(32-13-1)49-19-6-2-15-42(49)45-30-29-40(36-53(45)61)63(55-23-14-26-58-59(55)46-18-5-11-25-57(46)65-58)41-35-48(47-34-38-27-28-39(47)33-38)60-54(37-41)62(52-22-9-10-24-56(52)64-60)50-20-7-3-16-43(50)44-17-4-8-21-51(44)62/h2-11,14-26,29-30,35-39,47H,1,12-13,27-28,31-34H2. The van der Waals surface area contributed by atoms with E-state index < -0.39 is 5.41 Å². The summed E-state index contributed by atoms with van der Waals surface area (Å²) in [6.07, 6.45) is 11.5. The number of hydrogen-bond donors (Lipinski definition) is 0. The second-order valence-electron chi connectivity index (χ2n) is 20.1. The molecule has 0 N–H and O–H groups in total. The van der Waals surface area contributed by atoms with Gasteiger partial charge >= 0.3 is 0 Å². The predicted octanol–water partition coefficient (Wildman–Crippen LogP) is 17.1. The van der Waals surface area contributed by atoms with Crippen molar-refractivity contribution in [3.8, 4) is 33.8 Å². The van der Waals surface area contributed by atoms with Gasteiger partial charge in [-0.3, -0.25) is 0 Å². The lowest BCUT2D eigenvalue weighted by atomic mass is 9.65. The van der Waals surface area contributed by atoms with E-state index in [1.807, 2.05) is 11.3 Å². The van der Waals surface area contributed by atoms with Crippen LogP contribution in [-0.4, -0.2) is 0 Å². The van der Waals surface area contributed by atoms with Gasteiger partial charge in [-0.25, -0.2) is 0 Å². The SMILES string of the molecule is c1ccc2c(c1)Oc1c(C3CC4CCC3C4)cc(N(c3ccc4c(c3)C3(CCCCC3)c3ccccc3-4)c3cccc4sc5ccccc5c34)cc1C21c2ccccc2-c2ccccc21. The Hall–Kier alpha value is -6.42. The number of ether oxygens (including phenoxy) is 1. The van der Waals surface area contributed by atoms with Crippen LogP contribution in [0.5, 0.6) is 11.5 Å². The van der Waals surface area contributed by atoms with Gasteiger partial charge in [0, 0.05) is 53.7 Å². The zero-order valence-corrected chi connectivity index (χ0v) is 37.3. The van der Waals surface area contributed by atoms with Crippen LogP contribution >= 0.6 is 11.3 Å². The summed E-state index contributed by atoms with van der Waals surface area (Å²) in [5.41, 5.74) is 18.3. The summed E-state index contributed by atoms with van der Waals surface area (Å²) in [5, 5.41) is 2.65. The zero-order chi connectivity index (χ0) is 42.4. The summed E-state index contributed by atoms with van der Waals surface area (Å²) in [5.74, 6) is 3.96. The molecule has 8 aromatic carbocycles. The Morgan fingerprint density at radius 3 is 1.94 bits per heavy atom. The fourth-order valence-corrected chi connectivity index (χ4v) is 15.8. The molecule has 3 fully saturated rings. The van der Waals surface area contributed by atoms with Crippen molar-refractivity contribution in [3.05, 3.63) is 209 Å². The van der Waals surface area contributed by atoms with E-state index in [-0.39, 0.29) is 5.41 Å². The first kappa shape index (κ1) is 36.9. The second-order valence-corrected chi connectivity index (χ2v) is 21.2. The number of hydrogen-bond acceptors (Lipinski definition) is 3. The second kappa shape index (κ2) is 13.6. The number of nitrogens with zero attached hydrogens (tertiary/aromatic N) is 1. The largest absolute Gasteiger partial charge is 0.456 e. The van der Waals surface area contributed by atoms with Crippen LogP contribution in [0.25, 0.3) is 42.4 Å². The maximum Gasteiger partial charge on any atom is 0.135 e. The van der Waals surface area contributed by atoms with E-state index in [1.165, 1.54) is 156 Å². The highest BCUT2D eigenvalue weighted by atomic mass is 32.1. The molecule has 6 aliphatic rings. The number of rotatable bonds is 4. The number of fused-ring (bicyclic) bond motifs is 19. The molecule has 9 aromatic rings. The molecular formula is C62H49NOS. The highest BCUT2D eigenvalue weighted by Gasteiger charge is 2.53. The topological polar surface area (TPSA) is 12.5 Å². The third kappa shape index (κ3) is 4.90. The van der Waals surface area contributed by atoms with Crippen molar-refractivity contribution in [2.45, 2.75) is 74.5 Å². The van der Waals surface area contributed by atoms with Crippen molar-refractivity contribution in [3.63, 3.8) is 0 Å². The van der Waals surface area contributed by atoms with Crippen LogP contribution in [-0.2, 0) is 10.8 Å². The van der Waals surface area contributed by atoms with E-state index in [2.05, 4.69) is 175 Å². The van der Waals surface area contributed by atoms with Crippen LogP contribution in [0.2, 0.25) is 0 Å². The van der Waals surface area contributed by atoms with Crippen LogP contribution in [0.4, 0.5) is 17.1 Å². The smallest absolute Gasteiger partial charge is 0.135 e. The summed E-state index contributed by atoms with van der Waals surface area (Å²) in [6, 6.07) is 65.5. The first-order valence-electron chi connectivity index (χ1n) is 24.3. The van der Waals surface area contributed by atoms with Gasteiger partial charge in [0.2, 0.25) is 0 Å².